The Hall–Kier alpha value is -1.95. The highest BCUT2D eigenvalue weighted by molar-refractivity contribution is 5.93. The molecule has 0 saturated carbocycles. The molecule has 1 aliphatic rings. The third-order valence-corrected chi connectivity index (χ3v) is 3.50. The van der Waals surface area contributed by atoms with Crippen LogP contribution in [0.25, 0.3) is 5.65 Å². The van der Waals surface area contributed by atoms with Gasteiger partial charge in [0.25, 0.3) is 5.91 Å². The third-order valence-electron chi connectivity index (χ3n) is 3.50. The van der Waals surface area contributed by atoms with Gasteiger partial charge in [0.15, 0.2) is 5.65 Å². The van der Waals surface area contributed by atoms with Gasteiger partial charge in [-0.15, -0.1) is 0 Å². The maximum absolute atomic E-state index is 12.5. The second kappa shape index (κ2) is 5.20. The van der Waals surface area contributed by atoms with Crippen LogP contribution in [0.15, 0.2) is 18.3 Å². The van der Waals surface area contributed by atoms with E-state index in [1.54, 1.807) is 15.6 Å². The summed E-state index contributed by atoms with van der Waals surface area (Å²) in [5.74, 6) is 0.246. The van der Waals surface area contributed by atoms with Gasteiger partial charge in [0.2, 0.25) is 0 Å². The second-order valence-electron chi connectivity index (χ2n) is 5.23. The number of hydrogen-bond donors (Lipinski definition) is 0. The van der Waals surface area contributed by atoms with Crippen LogP contribution in [0, 0.1) is 0 Å². The highest BCUT2D eigenvalue weighted by Crippen LogP contribution is 2.17. The third kappa shape index (κ3) is 2.27. The number of morpholine rings is 1. The minimum Gasteiger partial charge on any atom is -0.378 e. The molecule has 1 saturated heterocycles. The first-order chi connectivity index (χ1) is 9.66. The average molecular weight is 274 g/mol. The average Bonchev–Trinajstić information content (AvgIpc) is 2.94. The van der Waals surface area contributed by atoms with Crippen molar-refractivity contribution in [2.75, 3.05) is 26.3 Å². The molecule has 3 rings (SSSR count). The van der Waals surface area contributed by atoms with Crippen LogP contribution in [0.2, 0.25) is 0 Å². The largest absolute Gasteiger partial charge is 0.378 e. The second-order valence-corrected chi connectivity index (χ2v) is 5.23. The van der Waals surface area contributed by atoms with E-state index in [1.165, 1.54) is 0 Å². The Labute approximate surface area is 117 Å². The van der Waals surface area contributed by atoms with Crippen LogP contribution in [0.4, 0.5) is 0 Å². The molecule has 2 aromatic rings. The Bertz CT molecular complexity index is 629. The molecule has 0 spiro atoms. The van der Waals surface area contributed by atoms with Crippen molar-refractivity contribution in [3.8, 4) is 0 Å². The first-order valence-corrected chi connectivity index (χ1v) is 6.88. The molecular formula is C14H18N4O2. The monoisotopic (exact) mass is 274 g/mol. The van der Waals surface area contributed by atoms with Crippen molar-refractivity contribution in [1.82, 2.24) is 19.5 Å². The summed E-state index contributed by atoms with van der Waals surface area (Å²) in [6, 6.07) is 3.67. The zero-order valence-corrected chi connectivity index (χ0v) is 11.7. The highest BCUT2D eigenvalue weighted by Gasteiger charge is 2.21. The lowest BCUT2D eigenvalue weighted by molar-refractivity contribution is 0.0299. The van der Waals surface area contributed by atoms with Crippen molar-refractivity contribution in [2.45, 2.75) is 19.8 Å². The predicted octanol–water partition coefficient (Wildman–Crippen LogP) is 1.33. The summed E-state index contributed by atoms with van der Waals surface area (Å²) in [7, 11) is 0. The summed E-state index contributed by atoms with van der Waals surface area (Å²) < 4.78 is 7.07. The lowest BCUT2D eigenvalue weighted by atomic mass is 10.1. The van der Waals surface area contributed by atoms with E-state index in [0.717, 1.165) is 5.69 Å². The molecule has 106 valence electrons. The van der Waals surface area contributed by atoms with Gasteiger partial charge in [-0.05, 0) is 12.0 Å². The van der Waals surface area contributed by atoms with Crippen molar-refractivity contribution in [3.05, 3.63) is 29.7 Å². The van der Waals surface area contributed by atoms with Gasteiger partial charge in [-0.3, -0.25) is 4.79 Å². The van der Waals surface area contributed by atoms with Gasteiger partial charge >= 0.3 is 0 Å². The summed E-state index contributed by atoms with van der Waals surface area (Å²) in [6.07, 6.45) is 1.71. The quantitative estimate of drug-likeness (QED) is 0.829. The Morgan fingerprint density at radius 2 is 2.10 bits per heavy atom. The SMILES string of the molecule is CC(C)c1cc(C(=O)N2CCOCC2)nc2ccnn12. The van der Waals surface area contributed by atoms with Gasteiger partial charge in [0.1, 0.15) is 5.69 Å². The van der Waals surface area contributed by atoms with E-state index in [9.17, 15) is 4.79 Å². The normalized spacial score (nSPS) is 16.1. The lowest BCUT2D eigenvalue weighted by Crippen LogP contribution is -2.41. The summed E-state index contributed by atoms with van der Waals surface area (Å²) in [5.41, 5.74) is 2.20. The number of nitrogens with zero attached hydrogens (tertiary/aromatic N) is 4. The van der Waals surface area contributed by atoms with E-state index in [0.29, 0.717) is 37.6 Å². The molecular weight excluding hydrogens is 256 g/mol. The van der Waals surface area contributed by atoms with Gasteiger partial charge in [-0.25, -0.2) is 9.50 Å². The maximum atomic E-state index is 12.5. The van der Waals surface area contributed by atoms with Crippen LogP contribution >= 0.6 is 0 Å². The molecule has 6 heteroatoms. The fourth-order valence-electron chi connectivity index (χ4n) is 2.39. The number of carbonyl (C=O) groups is 1. The molecule has 0 atom stereocenters. The van der Waals surface area contributed by atoms with E-state index in [-0.39, 0.29) is 11.8 Å². The summed E-state index contributed by atoms with van der Waals surface area (Å²) in [5, 5.41) is 4.26. The van der Waals surface area contributed by atoms with E-state index in [2.05, 4.69) is 23.9 Å². The Kier molecular flexibility index (Phi) is 3.40. The van der Waals surface area contributed by atoms with E-state index < -0.39 is 0 Å². The van der Waals surface area contributed by atoms with Gasteiger partial charge in [0, 0.05) is 24.8 Å². The molecule has 0 radical (unpaired) electrons. The minimum absolute atomic E-state index is 0.0288. The topological polar surface area (TPSA) is 59.7 Å². The Morgan fingerprint density at radius 1 is 1.35 bits per heavy atom. The summed E-state index contributed by atoms with van der Waals surface area (Å²) in [4.78, 5) is 18.7. The van der Waals surface area contributed by atoms with Crippen LogP contribution in [0.5, 0.6) is 0 Å². The number of ether oxygens (including phenoxy) is 1. The van der Waals surface area contributed by atoms with Crippen LogP contribution in [0.1, 0.15) is 35.9 Å². The molecule has 20 heavy (non-hydrogen) atoms. The molecule has 0 aromatic carbocycles. The zero-order valence-electron chi connectivity index (χ0n) is 11.7. The van der Waals surface area contributed by atoms with Gasteiger partial charge in [-0.2, -0.15) is 5.10 Å². The molecule has 1 fully saturated rings. The predicted molar refractivity (Wildman–Crippen MR) is 73.8 cm³/mol. The minimum atomic E-state index is -0.0288. The molecule has 2 aromatic heterocycles. The van der Waals surface area contributed by atoms with Crippen LogP contribution < -0.4 is 0 Å². The molecule has 1 amide bonds. The van der Waals surface area contributed by atoms with Crippen molar-refractivity contribution < 1.29 is 9.53 Å². The van der Waals surface area contributed by atoms with Crippen LogP contribution in [-0.2, 0) is 4.74 Å². The highest BCUT2D eigenvalue weighted by atomic mass is 16.5. The van der Waals surface area contributed by atoms with Gasteiger partial charge in [0.05, 0.1) is 19.4 Å². The first kappa shape index (κ1) is 13.1. The molecule has 0 aliphatic carbocycles. The number of aromatic nitrogens is 3. The number of hydrogen-bond acceptors (Lipinski definition) is 4. The van der Waals surface area contributed by atoms with Crippen molar-refractivity contribution in [3.63, 3.8) is 0 Å². The Morgan fingerprint density at radius 3 is 2.80 bits per heavy atom. The van der Waals surface area contributed by atoms with Crippen molar-refractivity contribution in [1.29, 1.82) is 0 Å². The van der Waals surface area contributed by atoms with Crippen LogP contribution in [0.3, 0.4) is 0 Å². The molecule has 3 heterocycles. The van der Waals surface area contributed by atoms with E-state index >= 15 is 0 Å². The molecule has 0 unspecified atom stereocenters. The van der Waals surface area contributed by atoms with Gasteiger partial charge in [-0.1, -0.05) is 13.8 Å². The standard InChI is InChI=1S/C14H18N4O2/c1-10(2)12-9-11(16-13-3-4-15-18(12)13)14(19)17-5-7-20-8-6-17/h3-4,9-10H,5-8H2,1-2H3. The molecule has 1 aliphatic heterocycles. The fraction of sp³-hybridized carbons (Fsp3) is 0.500. The number of carbonyl (C=O) groups excluding carboxylic acids is 1. The first-order valence-electron chi connectivity index (χ1n) is 6.88. The summed E-state index contributed by atoms with van der Waals surface area (Å²) >= 11 is 0. The van der Waals surface area contributed by atoms with Crippen molar-refractivity contribution >= 4 is 11.6 Å². The fourth-order valence-corrected chi connectivity index (χ4v) is 2.39. The van der Waals surface area contributed by atoms with Crippen molar-refractivity contribution in [2.24, 2.45) is 0 Å². The van der Waals surface area contributed by atoms with E-state index in [1.807, 2.05) is 12.1 Å². The van der Waals surface area contributed by atoms with E-state index in [4.69, 9.17) is 4.74 Å². The Balaban J connectivity index is 2.00. The molecule has 0 N–H and O–H groups in total. The number of amides is 1. The van der Waals surface area contributed by atoms with Gasteiger partial charge < -0.3 is 9.64 Å². The molecule has 6 nitrogen and oxygen atoms in total. The van der Waals surface area contributed by atoms with Crippen LogP contribution in [-0.4, -0.2) is 51.7 Å². The zero-order chi connectivity index (χ0) is 14.1. The molecule has 0 bridgehead atoms. The lowest BCUT2D eigenvalue weighted by Gasteiger charge is -2.26. The smallest absolute Gasteiger partial charge is 0.272 e. The number of rotatable bonds is 2. The summed E-state index contributed by atoms with van der Waals surface area (Å²) in [6.45, 7) is 6.61. The number of fused-ring (bicyclic) bond motifs is 1. The maximum Gasteiger partial charge on any atom is 0.272 e.